The molecule has 0 rings (SSSR count). The van der Waals surface area contributed by atoms with Crippen molar-refractivity contribution in [2.45, 2.75) is 71.3 Å². The van der Waals surface area contributed by atoms with Crippen LogP contribution in [-0.4, -0.2) is 11.2 Å². The monoisotopic (exact) mass is 212 g/mol. The molecule has 0 aliphatic rings. The number of hydrogen-bond donors (Lipinski definition) is 1. The van der Waals surface area contributed by atoms with Gasteiger partial charge in [0, 0.05) is 0 Å². The molecule has 1 N–H and O–H groups in total. The first-order chi connectivity index (χ1) is 7.22. The third kappa shape index (κ3) is 8.68. The Balaban J connectivity index is 3.19. The van der Waals surface area contributed by atoms with Gasteiger partial charge in [0.05, 0.1) is 6.10 Å². The van der Waals surface area contributed by atoms with Crippen molar-refractivity contribution in [3.8, 4) is 0 Å². The topological polar surface area (TPSA) is 20.2 Å². The van der Waals surface area contributed by atoms with Gasteiger partial charge in [-0.1, -0.05) is 64.9 Å². The second kappa shape index (κ2) is 10.2. The van der Waals surface area contributed by atoms with E-state index in [1.807, 2.05) is 13.0 Å². The molecule has 1 unspecified atom stereocenters. The molecule has 15 heavy (non-hydrogen) atoms. The van der Waals surface area contributed by atoms with Gasteiger partial charge in [0.2, 0.25) is 0 Å². The number of hydrogen-bond acceptors (Lipinski definition) is 1. The highest BCUT2D eigenvalue weighted by molar-refractivity contribution is 4.80. The van der Waals surface area contributed by atoms with E-state index in [4.69, 9.17) is 0 Å². The van der Waals surface area contributed by atoms with Crippen LogP contribution >= 0.6 is 0 Å². The minimum Gasteiger partial charge on any atom is -0.393 e. The molecule has 0 fully saturated rings. The highest BCUT2D eigenvalue weighted by Crippen LogP contribution is 2.14. The number of aliphatic hydroxyl groups excluding tert-OH is 1. The Morgan fingerprint density at radius 1 is 1.07 bits per heavy atom. The summed E-state index contributed by atoms with van der Waals surface area (Å²) in [7, 11) is 0. The standard InChI is InChI=1S/C14H28O/c1-4-6-7-8-9-10-11-12-14(15)13(3)5-2/h5,13-15H,2,4,6-12H2,1,3H3/t13?,14-/m0/s1. The summed E-state index contributed by atoms with van der Waals surface area (Å²) in [6.07, 6.45) is 11.8. The maximum atomic E-state index is 9.69. The van der Waals surface area contributed by atoms with Crippen LogP contribution in [0, 0.1) is 5.92 Å². The second-order valence-corrected chi connectivity index (χ2v) is 4.57. The molecule has 0 saturated carbocycles. The van der Waals surface area contributed by atoms with Crippen LogP contribution in [0.2, 0.25) is 0 Å². The SMILES string of the molecule is C=CC(C)[C@@H](O)CCCCCCCCC. The zero-order valence-electron chi connectivity index (χ0n) is 10.5. The minimum atomic E-state index is -0.182. The highest BCUT2D eigenvalue weighted by atomic mass is 16.3. The summed E-state index contributed by atoms with van der Waals surface area (Å²) in [4.78, 5) is 0. The Kier molecular flexibility index (Phi) is 10.0. The zero-order valence-corrected chi connectivity index (χ0v) is 10.5. The van der Waals surface area contributed by atoms with E-state index in [-0.39, 0.29) is 12.0 Å². The van der Waals surface area contributed by atoms with E-state index in [0.717, 1.165) is 12.8 Å². The first kappa shape index (κ1) is 14.7. The normalized spacial score (nSPS) is 14.9. The molecule has 0 amide bonds. The van der Waals surface area contributed by atoms with Crippen LogP contribution in [-0.2, 0) is 0 Å². The Morgan fingerprint density at radius 3 is 2.13 bits per heavy atom. The lowest BCUT2D eigenvalue weighted by Gasteiger charge is -2.14. The van der Waals surface area contributed by atoms with E-state index >= 15 is 0 Å². The van der Waals surface area contributed by atoms with Crippen LogP contribution in [0.5, 0.6) is 0 Å². The summed E-state index contributed by atoms with van der Waals surface area (Å²) in [5.41, 5.74) is 0. The van der Waals surface area contributed by atoms with Crippen molar-refractivity contribution >= 4 is 0 Å². The van der Waals surface area contributed by atoms with Crippen LogP contribution in [0.1, 0.15) is 65.2 Å². The molecule has 0 saturated heterocycles. The molecule has 90 valence electrons. The van der Waals surface area contributed by atoms with Gasteiger partial charge in [-0.05, 0) is 12.3 Å². The molecular weight excluding hydrogens is 184 g/mol. The minimum absolute atomic E-state index is 0.182. The van der Waals surface area contributed by atoms with E-state index < -0.39 is 0 Å². The summed E-state index contributed by atoms with van der Waals surface area (Å²) >= 11 is 0. The van der Waals surface area contributed by atoms with E-state index in [0.29, 0.717) is 0 Å². The van der Waals surface area contributed by atoms with Crippen LogP contribution < -0.4 is 0 Å². The Bertz CT molecular complexity index is 142. The summed E-state index contributed by atoms with van der Waals surface area (Å²) in [6.45, 7) is 7.97. The summed E-state index contributed by atoms with van der Waals surface area (Å²) < 4.78 is 0. The van der Waals surface area contributed by atoms with Gasteiger partial charge in [0.15, 0.2) is 0 Å². The summed E-state index contributed by atoms with van der Waals surface area (Å²) in [5.74, 6) is 0.241. The molecule has 0 heterocycles. The zero-order chi connectivity index (χ0) is 11.5. The molecule has 1 nitrogen and oxygen atoms in total. The fraction of sp³-hybridized carbons (Fsp3) is 0.857. The summed E-state index contributed by atoms with van der Waals surface area (Å²) in [5, 5.41) is 9.69. The molecule has 0 spiro atoms. The lowest BCUT2D eigenvalue weighted by Crippen LogP contribution is -2.14. The predicted molar refractivity (Wildman–Crippen MR) is 68.0 cm³/mol. The number of unbranched alkanes of at least 4 members (excludes halogenated alkanes) is 6. The molecular formula is C14H28O. The average molecular weight is 212 g/mol. The Hall–Kier alpha value is -0.300. The van der Waals surface area contributed by atoms with Crippen molar-refractivity contribution in [3.63, 3.8) is 0 Å². The van der Waals surface area contributed by atoms with Crippen molar-refractivity contribution in [2.24, 2.45) is 5.92 Å². The first-order valence-corrected chi connectivity index (χ1v) is 6.53. The predicted octanol–water partition coefficient (Wildman–Crippen LogP) is 4.31. The van der Waals surface area contributed by atoms with Gasteiger partial charge in [-0.2, -0.15) is 0 Å². The summed E-state index contributed by atoms with van der Waals surface area (Å²) in [6, 6.07) is 0. The second-order valence-electron chi connectivity index (χ2n) is 4.57. The first-order valence-electron chi connectivity index (χ1n) is 6.53. The van der Waals surface area contributed by atoms with Gasteiger partial charge in [0.25, 0.3) is 0 Å². The maximum Gasteiger partial charge on any atom is 0.0600 e. The maximum absolute atomic E-state index is 9.69. The van der Waals surface area contributed by atoms with Crippen molar-refractivity contribution < 1.29 is 5.11 Å². The third-order valence-electron chi connectivity index (χ3n) is 3.08. The van der Waals surface area contributed by atoms with Crippen LogP contribution in [0.25, 0.3) is 0 Å². The fourth-order valence-corrected chi connectivity index (χ4v) is 1.73. The molecule has 0 aromatic heterocycles. The van der Waals surface area contributed by atoms with Crippen molar-refractivity contribution in [3.05, 3.63) is 12.7 Å². The van der Waals surface area contributed by atoms with Gasteiger partial charge < -0.3 is 5.11 Å². The molecule has 1 heteroatoms. The van der Waals surface area contributed by atoms with Gasteiger partial charge in [-0.15, -0.1) is 6.58 Å². The van der Waals surface area contributed by atoms with E-state index in [2.05, 4.69) is 13.5 Å². The van der Waals surface area contributed by atoms with Crippen molar-refractivity contribution in [1.29, 1.82) is 0 Å². The number of aliphatic hydroxyl groups is 1. The molecule has 0 aliphatic heterocycles. The van der Waals surface area contributed by atoms with Gasteiger partial charge in [-0.25, -0.2) is 0 Å². The Labute approximate surface area is 95.6 Å². The van der Waals surface area contributed by atoms with E-state index in [9.17, 15) is 5.11 Å². The van der Waals surface area contributed by atoms with Crippen molar-refractivity contribution in [2.75, 3.05) is 0 Å². The van der Waals surface area contributed by atoms with E-state index in [1.54, 1.807) is 0 Å². The quantitative estimate of drug-likeness (QED) is 0.422. The average Bonchev–Trinajstić information content (AvgIpc) is 2.26. The highest BCUT2D eigenvalue weighted by Gasteiger charge is 2.09. The van der Waals surface area contributed by atoms with Gasteiger partial charge >= 0.3 is 0 Å². The van der Waals surface area contributed by atoms with E-state index in [1.165, 1.54) is 38.5 Å². The van der Waals surface area contributed by atoms with Crippen LogP contribution in [0.3, 0.4) is 0 Å². The van der Waals surface area contributed by atoms with Crippen LogP contribution in [0.4, 0.5) is 0 Å². The molecule has 0 radical (unpaired) electrons. The smallest absolute Gasteiger partial charge is 0.0600 e. The molecule has 2 atom stereocenters. The lowest BCUT2D eigenvalue weighted by atomic mass is 9.98. The molecule has 0 aliphatic carbocycles. The van der Waals surface area contributed by atoms with Gasteiger partial charge in [0.1, 0.15) is 0 Å². The molecule has 0 bridgehead atoms. The molecule has 0 aromatic carbocycles. The Morgan fingerprint density at radius 2 is 1.60 bits per heavy atom. The third-order valence-corrected chi connectivity index (χ3v) is 3.08. The van der Waals surface area contributed by atoms with Gasteiger partial charge in [-0.3, -0.25) is 0 Å². The lowest BCUT2D eigenvalue weighted by molar-refractivity contribution is 0.125. The van der Waals surface area contributed by atoms with Crippen molar-refractivity contribution in [1.82, 2.24) is 0 Å². The fourth-order valence-electron chi connectivity index (χ4n) is 1.73. The number of rotatable bonds is 10. The molecule has 0 aromatic rings. The largest absolute Gasteiger partial charge is 0.393 e. The van der Waals surface area contributed by atoms with Crippen LogP contribution in [0.15, 0.2) is 12.7 Å².